The molecule has 0 saturated carbocycles. The van der Waals surface area contributed by atoms with E-state index in [1.54, 1.807) is 0 Å². The van der Waals surface area contributed by atoms with E-state index in [4.69, 9.17) is 17.5 Å². The van der Waals surface area contributed by atoms with Gasteiger partial charge in [0, 0.05) is 5.25 Å². The van der Waals surface area contributed by atoms with Crippen molar-refractivity contribution in [2.45, 2.75) is 95.6 Å². The fraction of sp³-hybridized carbons (Fsp3) is 1.00. The summed E-state index contributed by atoms with van der Waals surface area (Å²) in [7, 11) is -4.67. The summed E-state index contributed by atoms with van der Waals surface area (Å²) >= 11 is 2.27. The second kappa shape index (κ2) is 18.0. The first-order valence-electron chi connectivity index (χ1n) is 8.75. The molecule has 1 fully saturated rings. The quantitative estimate of drug-likeness (QED) is 0.386. The van der Waals surface area contributed by atoms with Gasteiger partial charge in [-0.2, -0.15) is 20.2 Å². The fourth-order valence-corrected chi connectivity index (χ4v) is 4.09. The Hall–Kier alpha value is 1.22. The van der Waals surface area contributed by atoms with Crippen LogP contribution in [0.1, 0.15) is 91.8 Å². The summed E-state index contributed by atoms with van der Waals surface area (Å²) in [6.45, 7) is 2.30. The standard InChI is InChI=1S/C16H32S.Na.H2O4S.H/c1-2-3-4-5-6-7-10-13-16-14-11-8-9-12-15-17-16;;1-5(2,3)4;/h16H,2-15H2,1H3;;(H2,1,2,3,4);/q;+1;;-1. The third-order valence-electron chi connectivity index (χ3n) is 3.90. The van der Waals surface area contributed by atoms with Gasteiger partial charge in [-0.3, -0.25) is 9.11 Å². The first-order chi connectivity index (χ1) is 10.4. The minimum Gasteiger partial charge on any atom is -1.00 e. The van der Waals surface area contributed by atoms with E-state index in [0.717, 1.165) is 5.25 Å². The number of unbranched alkanes of at least 4 members (excludes halogenated alkanes) is 6. The molecule has 0 aromatic rings. The van der Waals surface area contributed by atoms with Crippen LogP contribution >= 0.6 is 11.8 Å². The van der Waals surface area contributed by atoms with Gasteiger partial charge >= 0.3 is 40.0 Å². The monoisotopic (exact) mass is 378 g/mol. The third kappa shape index (κ3) is 25.6. The molecule has 0 aliphatic carbocycles. The summed E-state index contributed by atoms with van der Waals surface area (Å²) in [5, 5.41) is 1.01. The van der Waals surface area contributed by atoms with Crippen LogP contribution < -0.4 is 29.6 Å². The van der Waals surface area contributed by atoms with Crippen molar-refractivity contribution in [3.8, 4) is 0 Å². The molecule has 0 spiro atoms. The van der Waals surface area contributed by atoms with E-state index < -0.39 is 10.4 Å². The molecule has 1 aliphatic heterocycles. The first kappa shape index (κ1) is 26.4. The molecular weight excluding hydrogens is 343 g/mol. The largest absolute Gasteiger partial charge is 1.00 e. The summed E-state index contributed by atoms with van der Waals surface area (Å²) in [6, 6.07) is 0. The van der Waals surface area contributed by atoms with E-state index in [1.807, 2.05) is 0 Å². The minimum absolute atomic E-state index is 0. The molecule has 1 atom stereocenters. The molecule has 1 aliphatic rings. The summed E-state index contributed by atoms with van der Waals surface area (Å²) in [4.78, 5) is 0. The van der Waals surface area contributed by atoms with Crippen molar-refractivity contribution in [2.75, 3.05) is 5.75 Å². The SMILES string of the molecule is CCCCCCCCCC1CCCCCCS1.O=S(=O)(O)O.[H-].[Na+]. The second-order valence-corrected chi connectivity index (χ2v) is 8.36. The number of hydrogen-bond acceptors (Lipinski definition) is 3. The molecule has 0 amide bonds. The van der Waals surface area contributed by atoms with Gasteiger partial charge in [0.2, 0.25) is 0 Å². The first-order valence-corrected chi connectivity index (χ1v) is 11.2. The molecule has 1 rings (SSSR count). The molecule has 1 unspecified atom stereocenters. The van der Waals surface area contributed by atoms with Gasteiger partial charge in [-0.15, -0.1) is 0 Å². The fourth-order valence-electron chi connectivity index (χ4n) is 2.72. The van der Waals surface area contributed by atoms with Gasteiger partial charge in [0.1, 0.15) is 0 Å². The van der Waals surface area contributed by atoms with Crippen molar-refractivity contribution in [3.05, 3.63) is 0 Å². The van der Waals surface area contributed by atoms with Crippen molar-refractivity contribution in [1.29, 1.82) is 0 Å². The number of hydrogen-bond donors (Lipinski definition) is 2. The van der Waals surface area contributed by atoms with E-state index >= 15 is 0 Å². The average molecular weight is 379 g/mol. The van der Waals surface area contributed by atoms with Crippen molar-refractivity contribution >= 4 is 22.2 Å². The molecule has 0 aromatic carbocycles. The van der Waals surface area contributed by atoms with Crippen LogP contribution in [0.15, 0.2) is 0 Å². The maximum Gasteiger partial charge on any atom is 1.00 e. The van der Waals surface area contributed by atoms with E-state index in [2.05, 4.69) is 18.7 Å². The molecular formula is C16H35NaO4S2. The molecule has 0 bridgehead atoms. The Morgan fingerprint density at radius 2 is 1.48 bits per heavy atom. The maximum atomic E-state index is 8.74. The Bertz CT molecular complexity index is 327. The normalized spacial score (nSPS) is 18.8. The van der Waals surface area contributed by atoms with Crippen LogP contribution in [0.5, 0.6) is 0 Å². The van der Waals surface area contributed by atoms with E-state index in [-0.39, 0.29) is 31.0 Å². The summed E-state index contributed by atoms with van der Waals surface area (Å²) in [6.07, 6.45) is 19.2. The van der Waals surface area contributed by atoms with Crippen LogP contribution in [0.2, 0.25) is 0 Å². The summed E-state index contributed by atoms with van der Waals surface area (Å²) < 4.78 is 31.6. The van der Waals surface area contributed by atoms with Crippen molar-refractivity contribution in [2.24, 2.45) is 0 Å². The topological polar surface area (TPSA) is 74.6 Å². The van der Waals surface area contributed by atoms with Crippen LogP contribution in [0, 0.1) is 0 Å². The molecule has 0 radical (unpaired) electrons. The van der Waals surface area contributed by atoms with Crippen molar-refractivity contribution in [3.63, 3.8) is 0 Å². The zero-order chi connectivity index (χ0) is 16.7. The van der Waals surface area contributed by atoms with Crippen molar-refractivity contribution < 1.29 is 48.5 Å². The minimum atomic E-state index is -4.67. The van der Waals surface area contributed by atoms with Crippen molar-refractivity contribution in [1.82, 2.24) is 0 Å². The smallest absolute Gasteiger partial charge is 1.00 e. The molecule has 1 heterocycles. The number of rotatable bonds is 8. The van der Waals surface area contributed by atoms with Gasteiger partial charge in [0.15, 0.2) is 0 Å². The maximum absolute atomic E-state index is 8.74. The Balaban J connectivity index is -0.000000554. The van der Waals surface area contributed by atoms with Crippen LogP contribution in [0.25, 0.3) is 0 Å². The van der Waals surface area contributed by atoms with Gasteiger partial charge in [0.25, 0.3) is 0 Å². The van der Waals surface area contributed by atoms with Gasteiger partial charge in [0.05, 0.1) is 0 Å². The summed E-state index contributed by atoms with van der Waals surface area (Å²) in [5.74, 6) is 1.43. The Morgan fingerprint density at radius 3 is 2.09 bits per heavy atom. The Labute approximate surface area is 171 Å². The molecule has 4 nitrogen and oxygen atoms in total. The Kier molecular flexibility index (Phi) is 20.7. The van der Waals surface area contributed by atoms with E-state index in [1.165, 1.54) is 89.2 Å². The molecule has 23 heavy (non-hydrogen) atoms. The number of thioether (sulfide) groups is 1. The molecule has 136 valence electrons. The molecule has 0 aromatic heterocycles. The predicted molar refractivity (Wildman–Crippen MR) is 97.2 cm³/mol. The zero-order valence-electron chi connectivity index (χ0n) is 16.0. The van der Waals surface area contributed by atoms with E-state index in [9.17, 15) is 0 Å². The molecule has 1 saturated heterocycles. The molecule has 7 heteroatoms. The van der Waals surface area contributed by atoms with Crippen LogP contribution in [0.3, 0.4) is 0 Å². The zero-order valence-corrected chi connectivity index (χ0v) is 18.6. The average Bonchev–Trinajstić information content (AvgIpc) is 2.37. The third-order valence-corrected chi connectivity index (χ3v) is 5.37. The van der Waals surface area contributed by atoms with Crippen LogP contribution in [-0.2, 0) is 10.4 Å². The van der Waals surface area contributed by atoms with Gasteiger partial charge in [-0.1, -0.05) is 71.1 Å². The van der Waals surface area contributed by atoms with Crippen LogP contribution in [0.4, 0.5) is 0 Å². The van der Waals surface area contributed by atoms with Gasteiger partial charge < -0.3 is 1.43 Å². The Morgan fingerprint density at radius 1 is 0.957 bits per heavy atom. The predicted octanol–water partition coefficient (Wildman–Crippen LogP) is 2.66. The molecule has 2 N–H and O–H groups in total. The van der Waals surface area contributed by atoms with Gasteiger partial charge in [-0.25, -0.2) is 0 Å². The van der Waals surface area contributed by atoms with Crippen LogP contribution in [-0.4, -0.2) is 28.5 Å². The summed E-state index contributed by atoms with van der Waals surface area (Å²) in [5.41, 5.74) is 0. The second-order valence-electron chi connectivity index (χ2n) is 6.05. The van der Waals surface area contributed by atoms with E-state index in [0.29, 0.717) is 0 Å². The van der Waals surface area contributed by atoms with Gasteiger partial charge in [-0.05, 0) is 25.0 Å².